The molecule has 7 rings (SSSR count). The number of ether oxygens (including phenoxy) is 8. The maximum absolute atomic E-state index is 14.5. The number of pyridine rings is 2. The molecule has 0 unspecified atom stereocenters. The summed E-state index contributed by atoms with van der Waals surface area (Å²) in [5.41, 5.74) is -10.2. The Labute approximate surface area is 361 Å². The molecule has 0 saturated heterocycles. The van der Waals surface area contributed by atoms with Gasteiger partial charge < -0.3 is 43.0 Å². The molecule has 4 saturated carbocycles. The maximum Gasteiger partial charge on any atom is 0.340 e. The number of fused-ring (bicyclic) bond motifs is 5. The van der Waals surface area contributed by atoms with Crippen LogP contribution in [0.4, 0.5) is 0 Å². The summed E-state index contributed by atoms with van der Waals surface area (Å²) in [5.74, 6) is -10.8. The number of carbonyl (C=O) groups is 8. The molecule has 0 aromatic carbocycles. The Morgan fingerprint density at radius 3 is 2.10 bits per heavy atom. The molecule has 19 nitrogen and oxygen atoms in total. The lowest BCUT2D eigenvalue weighted by Crippen LogP contribution is -2.83. The van der Waals surface area contributed by atoms with Crippen molar-refractivity contribution in [2.45, 2.75) is 116 Å². The zero-order chi connectivity index (χ0) is 46.0. The molecule has 4 aliphatic carbocycles. The third-order valence-electron chi connectivity index (χ3n) is 13.8. The summed E-state index contributed by atoms with van der Waals surface area (Å²) >= 11 is 0. The van der Waals surface area contributed by atoms with Crippen LogP contribution in [0.25, 0.3) is 0 Å². The molecule has 2 aromatic heterocycles. The molecule has 0 amide bonds. The monoisotopic (exact) mass is 878 g/mol. The Bertz CT molecular complexity index is 2250. The Morgan fingerprint density at radius 1 is 0.841 bits per heavy atom. The molecule has 63 heavy (non-hydrogen) atoms. The SMILES string of the molecule is CC(=O)OC[C@@]12[C@H](OC(C)=O)[C@@H](OC(=O)c3cccnc3)[C@@H]3OC(=O)[C@H](C)CCc4ncccc4C(=O)OC[C@]4(C)C[C@@]1([C@H]1[C@@H]([C@H](OC(C)=O)[C@@H]2OC(C)=O)[C@]14OC(C)=O)[C@@]3(C)O. The highest BCUT2D eigenvalue weighted by Gasteiger charge is 3.00. The molecular weight excluding hydrogens is 828 g/mol. The van der Waals surface area contributed by atoms with Gasteiger partial charge in [0.1, 0.15) is 30.5 Å². The van der Waals surface area contributed by atoms with E-state index in [2.05, 4.69) is 9.97 Å². The molecule has 3 bridgehead atoms. The highest BCUT2D eigenvalue weighted by atomic mass is 16.6. The first-order valence-electron chi connectivity index (χ1n) is 20.6. The van der Waals surface area contributed by atoms with E-state index in [0.717, 1.165) is 34.6 Å². The van der Waals surface area contributed by atoms with Crippen LogP contribution in [-0.2, 0) is 73.1 Å². The smallest absolute Gasteiger partial charge is 0.340 e. The second-order valence-corrected chi connectivity index (χ2v) is 17.7. The van der Waals surface area contributed by atoms with Gasteiger partial charge in [-0.15, -0.1) is 0 Å². The number of aryl methyl sites for hydroxylation is 1. The minimum absolute atomic E-state index is 0.0661. The van der Waals surface area contributed by atoms with Gasteiger partial charge in [-0.05, 0) is 50.5 Å². The van der Waals surface area contributed by atoms with E-state index in [9.17, 15) is 43.5 Å². The normalized spacial score (nSPS) is 37.5. The van der Waals surface area contributed by atoms with E-state index in [1.807, 2.05) is 0 Å². The summed E-state index contributed by atoms with van der Waals surface area (Å²) in [7, 11) is 0. The Kier molecular flexibility index (Phi) is 11.4. The lowest BCUT2D eigenvalue weighted by Gasteiger charge is -2.69. The minimum Gasteiger partial charge on any atom is -0.465 e. The first-order valence-corrected chi connectivity index (χ1v) is 20.6. The zero-order valence-corrected chi connectivity index (χ0v) is 36.1. The first-order chi connectivity index (χ1) is 29.6. The van der Waals surface area contributed by atoms with Gasteiger partial charge in [-0.2, -0.15) is 0 Å². The van der Waals surface area contributed by atoms with Gasteiger partial charge in [-0.3, -0.25) is 38.7 Å². The third-order valence-corrected chi connectivity index (χ3v) is 13.8. The van der Waals surface area contributed by atoms with Crippen molar-refractivity contribution in [3.8, 4) is 0 Å². The van der Waals surface area contributed by atoms with Crippen molar-refractivity contribution in [3.63, 3.8) is 0 Å². The van der Waals surface area contributed by atoms with Gasteiger partial charge in [-0.25, -0.2) is 9.59 Å². The Hall–Kier alpha value is -5.98. The van der Waals surface area contributed by atoms with Gasteiger partial charge in [0.15, 0.2) is 24.4 Å². The molecular formula is C44H50N2O17. The van der Waals surface area contributed by atoms with Crippen LogP contribution in [0.3, 0.4) is 0 Å². The molecule has 1 spiro atoms. The van der Waals surface area contributed by atoms with Crippen molar-refractivity contribution in [1.82, 2.24) is 9.97 Å². The largest absolute Gasteiger partial charge is 0.465 e. The van der Waals surface area contributed by atoms with E-state index in [1.54, 1.807) is 13.8 Å². The zero-order valence-electron chi connectivity index (χ0n) is 36.1. The lowest BCUT2D eigenvalue weighted by atomic mass is 9.39. The van der Waals surface area contributed by atoms with Crippen LogP contribution in [0.15, 0.2) is 42.9 Å². The second-order valence-electron chi connectivity index (χ2n) is 17.7. The van der Waals surface area contributed by atoms with E-state index in [1.165, 1.54) is 49.8 Å². The number of aliphatic hydroxyl groups is 1. The number of esters is 8. The second kappa shape index (κ2) is 16.0. The standard InChI is InChI=1S/C44H50N2O17/c1-21-13-14-29-28(12-10-16-46-29)39(54)57-19-40(7)18-43-33-30(44(33,40)63-26(6)51)31(58-23(3)48)35(59-24(4)49)42(43,20-56-22(2)47)36(60-25(5)50)32(34(41(43,8)55)62-37(21)52)61-38(53)27-11-9-15-45-17-27/h9-12,15-17,21,30-36,55H,13-14,18-20H2,1-8H3/t21-,30-,31+,32+,33-,34+,35+,36-,40+,41+,42-,43-,44+/m1/s1. The number of nitrogens with zero attached hydrogens (tertiary/aromatic N) is 2. The Morgan fingerprint density at radius 2 is 1.49 bits per heavy atom. The van der Waals surface area contributed by atoms with Gasteiger partial charge in [0.05, 0.1) is 28.2 Å². The topological polar surface area (TPSA) is 256 Å². The van der Waals surface area contributed by atoms with Crippen molar-refractivity contribution in [2.75, 3.05) is 13.2 Å². The van der Waals surface area contributed by atoms with E-state index in [-0.39, 0.29) is 30.4 Å². The van der Waals surface area contributed by atoms with Crippen molar-refractivity contribution in [1.29, 1.82) is 0 Å². The fourth-order valence-electron chi connectivity index (χ4n) is 11.8. The summed E-state index contributed by atoms with van der Waals surface area (Å²) in [6, 6.07) is 5.86. The molecule has 1 N–H and O–H groups in total. The van der Waals surface area contributed by atoms with Crippen LogP contribution in [0.5, 0.6) is 0 Å². The van der Waals surface area contributed by atoms with Crippen LogP contribution in [-0.4, -0.2) is 118 Å². The van der Waals surface area contributed by atoms with Crippen LogP contribution < -0.4 is 0 Å². The summed E-state index contributed by atoms with van der Waals surface area (Å²) in [6.45, 7) is 8.37. The molecule has 338 valence electrons. The van der Waals surface area contributed by atoms with Crippen molar-refractivity contribution >= 4 is 47.8 Å². The lowest BCUT2D eigenvalue weighted by molar-refractivity contribution is -0.359. The fraction of sp³-hybridized carbons (Fsp3) is 0.591. The molecule has 19 heteroatoms. The maximum atomic E-state index is 14.5. The van der Waals surface area contributed by atoms with Gasteiger partial charge in [0.25, 0.3) is 0 Å². The highest BCUT2D eigenvalue weighted by molar-refractivity contribution is 5.91. The summed E-state index contributed by atoms with van der Waals surface area (Å²) in [6.07, 6.45) is -5.62. The van der Waals surface area contributed by atoms with E-state index in [4.69, 9.17) is 37.9 Å². The Balaban J connectivity index is 1.61. The van der Waals surface area contributed by atoms with Crippen molar-refractivity contribution in [2.24, 2.45) is 34.0 Å². The van der Waals surface area contributed by atoms with Crippen molar-refractivity contribution in [3.05, 3.63) is 59.7 Å². The minimum atomic E-state index is -2.55. The average molecular weight is 879 g/mol. The molecule has 2 aromatic rings. The van der Waals surface area contributed by atoms with E-state index in [0.29, 0.717) is 5.69 Å². The highest BCUT2D eigenvalue weighted by Crippen LogP contribution is 2.89. The number of carbonyl (C=O) groups excluding carboxylic acids is 8. The van der Waals surface area contributed by atoms with Gasteiger partial charge in [-0.1, -0.05) is 13.8 Å². The van der Waals surface area contributed by atoms with E-state index >= 15 is 0 Å². The first kappa shape index (κ1) is 45.1. The number of rotatable bonds is 8. The predicted molar refractivity (Wildman–Crippen MR) is 208 cm³/mol. The summed E-state index contributed by atoms with van der Waals surface area (Å²) in [4.78, 5) is 118. The van der Waals surface area contributed by atoms with Gasteiger partial charge >= 0.3 is 47.8 Å². The average Bonchev–Trinajstić information content (AvgIpc) is 3.82. The third kappa shape index (κ3) is 6.89. The molecule has 5 aliphatic rings. The number of hydrogen-bond acceptors (Lipinski definition) is 19. The molecule has 0 radical (unpaired) electrons. The molecule has 4 fully saturated rings. The molecule has 1 aliphatic heterocycles. The van der Waals surface area contributed by atoms with Crippen LogP contribution in [0.1, 0.15) is 94.6 Å². The number of aromatic nitrogens is 2. The molecule has 3 heterocycles. The van der Waals surface area contributed by atoms with Gasteiger partial charge in [0.2, 0.25) is 0 Å². The van der Waals surface area contributed by atoms with Crippen molar-refractivity contribution < 1.29 is 81.4 Å². The predicted octanol–water partition coefficient (Wildman–Crippen LogP) is 2.42. The quantitative estimate of drug-likeness (QED) is 0.295. The van der Waals surface area contributed by atoms with Crippen LogP contribution >= 0.6 is 0 Å². The van der Waals surface area contributed by atoms with E-state index < -0.39 is 137 Å². The molecule has 13 atom stereocenters. The van der Waals surface area contributed by atoms with Crippen LogP contribution in [0.2, 0.25) is 0 Å². The van der Waals surface area contributed by atoms with Gasteiger partial charge in [0, 0.05) is 75.9 Å². The summed E-state index contributed by atoms with van der Waals surface area (Å²) in [5, 5.41) is 13.9. The van der Waals surface area contributed by atoms with Crippen LogP contribution in [0, 0.1) is 34.0 Å². The number of cyclic esters (lactones) is 1. The fourth-order valence-corrected chi connectivity index (χ4v) is 11.8. The number of hydrogen-bond donors (Lipinski definition) is 1. The summed E-state index contributed by atoms with van der Waals surface area (Å²) < 4.78 is 49.3.